The minimum atomic E-state index is -3.29. The first-order chi connectivity index (χ1) is 12.8. The van der Waals surface area contributed by atoms with Crippen LogP contribution in [0.25, 0.3) is 0 Å². The lowest BCUT2D eigenvalue weighted by atomic mass is 10.0. The van der Waals surface area contributed by atoms with Crippen molar-refractivity contribution in [3.05, 3.63) is 36.4 Å². The van der Waals surface area contributed by atoms with Crippen LogP contribution in [0.3, 0.4) is 0 Å². The molecule has 1 fully saturated rings. The minimum absolute atomic E-state index is 0.119. The molecule has 8 heteroatoms. The lowest BCUT2D eigenvalue weighted by Gasteiger charge is -2.35. The fraction of sp³-hybridized carbons (Fsp3) is 0.526. The molecule has 0 bridgehead atoms. The summed E-state index contributed by atoms with van der Waals surface area (Å²) in [5.74, 6) is 0.907. The van der Waals surface area contributed by atoms with Crippen LogP contribution in [-0.2, 0) is 21.2 Å². The molecule has 0 unspecified atom stereocenters. The fourth-order valence-electron chi connectivity index (χ4n) is 3.14. The lowest BCUT2D eigenvalue weighted by molar-refractivity contribution is -0.136. The summed E-state index contributed by atoms with van der Waals surface area (Å²) in [6, 6.07) is 5.40. The quantitative estimate of drug-likeness (QED) is 0.643. The number of likely N-dealkylation sites (tertiary alicyclic amines) is 1. The molecule has 27 heavy (non-hydrogen) atoms. The summed E-state index contributed by atoms with van der Waals surface area (Å²) in [6.07, 6.45) is 6.29. The number of carbonyl (C=O) groups is 1. The van der Waals surface area contributed by atoms with Gasteiger partial charge in [-0.05, 0) is 43.4 Å². The summed E-state index contributed by atoms with van der Waals surface area (Å²) >= 11 is 0. The Bertz CT molecular complexity index is 763. The number of methoxy groups -OCH3 is 1. The highest BCUT2D eigenvalue weighted by molar-refractivity contribution is 7.88. The average Bonchev–Trinajstić information content (AvgIpc) is 2.64. The molecule has 1 heterocycles. The number of allylic oxidation sites excluding steroid dienone is 1. The van der Waals surface area contributed by atoms with E-state index in [1.54, 1.807) is 24.2 Å². The van der Waals surface area contributed by atoms with Gasteiger partial charge in [-0.2, -0.15) is 0 Å². The third-order valence-electron chi connectivity index (χ3n) is 4.49. The van der Waals surface area contributed by atoms with Crippen molar-refractivity contribution < 1.29 is 22.7 Å². The molecule has 1 N–H and O–H groups in total. The van der Waals surface area contributed by atoms with Crippen molar-refractivity contribution in [2.45, 2.75) is 31.7 Å². The molecular weight excluding hydrogens is 368 g/mol. The summed E-state index contributed by atoms with van der Waals surface area (Å²) in [5.41, 5.74) is 1.04. The van der Waals surface area contributed by atoms with E-state index < -0.39 is 10.0 Å². The van der Waals surface area contributed by atoms with Gasteiger partial charge in [-0.15, -0.1) is 6.58 Å². The summed E-state index contributed by atoms with van der Waals surface area (Å²) in [6.45, 7) is 4.43. The van der Waals surface area contributed by atoms with Crippen LogP contribution >= 0.6 is 0 Å². The van der Waals surface area contributed by atoms with Gasteiger partial charge in [0, 0.05) is 19.1 Å². The number of piperidine rings is 1. The van der Waals surface area contributed by atoms with E-state index in [1.165, 1.54) is 0 Å². The number of ether oxygens (including phenoxy) is 2. The first-order valence-corrected chi connectivity index (χ1v) is 10.9. The van der Waals surface area contributed by atoms with E-state index in [4.69, 9.17) is 9.47 Å². The molecule has 0 aliphatic carbocycles. The Labute approximate surface area is 161 Å². The molecule has 1 aliphatic rings. The standard InChI is InChI=1S/C19H28N2O5S/c1-4-7-15-9-10-17(18(12-15)25-2)26-14-19(22)21-11-6-5-8-16(21)13-20-27(3,23)24/h4,9-10,12,16,20H,1,5-8,11,13-14H2,2-3H3/t16-/m1/s1. The van der Waals surface area contributed by atoms with Crippen LogP contribution in [0, 0.1) is 0 Å². The van der Waals surface area contributed by atoms with Gasteiger partial charge in [-0.25, -0.2) is 13.1 Å². The number of carbonyl (C=O) groups excluding carboxylic acids is 1. The van der Waals surface area contributed by atoms with E-state index in [0.717, 1.165) is 37.5 Å². The van der Waals surface area contributed by atoms with E-state index in [2.05, 4.69) is 11.3 Å². The van der Waals surface area contributed by atoms with Gasteiger partial charge in [0.05, 0.1) is 13.4 Å². The molecule has 1 aromatic rings. The van der Waals surface area contributed by atoms with Gasteiger partial charge in [0.1, 0.15) is 0 Å². The predicted molar refractivity (Wildman–Crippen MR) is 105 cm³/mol. The lowest BCUT2D eigenvalue weighted by Crippen LogP contribution is -2.50. The van der Waals surface area contributed by atoms with Gasteiger partial charge < -0.3 is 14.4 Å². The van der Waals surface area contributed by atoms with Crippen molar-refractivity contribution >= 4 is 15.9 Å². The van der Waals surface area contributed by atoms with Crippen molar-refractivity contribution in [1.82, 2.24) is 9.62 Å². The maximum absolute atomic E-state index is 12.6. The van der Waals surface area contributed by atoms with Gasteiger partial charge in [-0.1, -0.05) is 12.1 Å². The molecule has 150 valence electrons. The highest BCUT2D eigenvalue weighted by atomic mass is 32.2. The highest BCUT2D eigenvalue weighted by Crippen LogP contribution is 2.28. The van der Waals surface area contributed by atoms with Gasteiger partial charge in [0.15, 0.2) is 18.1 Å². The SMILES string of the molecule is C=CCc1ccc(OCC(=O)N2CCCC[C@@H]2CNS(C)(=O)=O)c(OC)c1. The molecule has 0 aromatic heterocycles. The van der Waals surface area contributed by atoms with E-state index in [1.807, 2.05) is 12.1 Å². The van der Waals surface area contributed by atoms with Gasteiger partial charge >= 0.3 is 0 Å². The fourth-order valence-corrected chi connectivity index (χ4v) is 3.63. The van der Waals surface area contributed by atoms with Gasteiger partial charge in [0.2, 0.25) is 10.0 Å². The summed E-state index contributed by atoms with van der Waals surface area (Å²) < 4.78 is 36.2. The van der Waals surface area contributed by atoms with E-state index in [0.29, 0.717) is 18.0 Å². The Balaban J connectivity index is 1.99. The zero-order valence-electron chi connectivity index (χ0n) is 15.9. The number of amides is 1. The second kappa shape index (κ2) is 9.75. The topological polar surface area (TPSA) is 84.9 Å². The zero-order valence-corrected chi connectivity index (χ0v) is 16.8. The van der Waals surface area contributed by atoms with E-state index in [9.17, 15) is 13.2 Å². The summed E-state index contributed by atoms with van der Waals surface area (Å²) in [7, 11) is -1.73. The third kappa shape index (κ3) is 6.55. The molecule has 0 saturated carbocycles. The molecule has 0 radical (unpaired) electrons. The first-order valence-electron chi connectivity index (χ1n) is 8.98. The van der Waals surface area contributed by atoms with Crippen LogP contribution in [0.15, 0.2) is 30.9 Å². The zero-order chi connectivity index (χ0) is 19.9. The van der Waals surface area contributed by atoms with Crippen molar-refractivity contribution in [3.8, 4) is 11.5 Å². The molecule has 1 amide bonds. The molecule has 1 aromatic carbocycles. The number of nitrogens with one attached hydrogen (secondary N) is 1. The Hall–Kier alpha value is -2.06. The highest BCUT2D eigenvalue weighted by Gasteiger charge is 2.27. The molecule has 1 atom stereocenters. The normalized spacial score (nSPS) is 17.4. The average molecular weight is 397 g/mol. The predicted octanol–water partition coefficient (Wildman–Crippen LogP) is 1.73. The third-order valence-corrected chi connectivity index (χ3v) is 5.18. The Morgan fingerprint density at radius 3 is 2.81 bits per heavy atom. The van der Waals surface area contributed by atoms with Crippen LogP contribution in [0.1, 0.15) is 24.8 Å². The maximum Gasteiger partial charge on any atom is 0.260 e. The second-order valence-corrected chi connectivity index (χ2v) is 8.46. The van der Waals surface area contributed by atoms with E-state index >= 15 is 0 Å². The summed E-state index contributed by atoms with van der Waals surface area (Å²) in [5, 5.41) is 0. The van der Waals surface area contributed by atoms with Crippen LogP contribution in [0.4, 0.5) is 0 Å². The van der Waals surface area contributed by atoms with Crippen LogP contribution in [-0.4, -0.2) is 58.3 Å². The maximum atomic E-state index is 12.6. The van der Waals surface area contributed by atoms with Crippen molar-refractivity contribution in [2.75, 3.05) is 33.1 Å². The minimum Gasteiger partial charge on any atom is -0.493 e. The smallest absolute Gasteiger partial charge is 0.260 e. The number of nitrogens with zero attached hydrogens (tertiary/aromatic N) is 1. The molecule has 1 saturated heterocycles. The van der Waals surface area contributed by atoms with Gasteiger partial charge in [0.25, 0.3) is 5.91 Å². The molecule has 7 nitrogen and oxygen atoms in total. The Morgan fingerprint density at radius 2 is 2.15 bits per heavy atom. The van der Waals surface area contributed by atoms with E-state index in [-0.39, 0.29) is 25.1 Å². The Morgan fingerprint density at radius 1 is 1.37 bits per heavy atom. The molecule has 1 aliphatic heterocycles. The second-order valence-electron chi connectivity index (χ2n) is 6.62. The van der Waals surface area contributed by atoms with Crippen LogP contribution < -0.4 is 14.2 Å². The number of sulfonamides is 1. The van der Waals surface area contributed by atoms with Crippen LogP contribution in [0.5, 0.6) is 11.5 Å². The van der Waals surface area contributed by atoms with Crippen LogP contribution in [0.2, 0.25) is 0 Å². The number of rotatable bonds is 9. The van der Waals surface area contributed by atoms with Gasteiger partial charge in [-0.3, -0.25) is 4.79 Å². The number of benzene rings is 1. The monoisotopic (exact) mass is 396 g/mol. The van der Waals surface area contributed by atoms with Crippen molar-refractivity contribution in [3.63, 3.8) is 0 Å². The molecule has 2 rings (SSSR count). The molecular formula is C19H28N2O5S. The largest absolute Gasteiger partial charge is 0.493 e. The molecule has 0 spiro atoms. The van der Waals surface area contributed by atoms with Crippen molar-refractivity contribution in [2.24, 2.45) is 0 Å². The first kappa shape index (κ1) is 21.2. The summed E-state index contributed by atoms with van der Waals surface area (Å²) in [4.78, 5) is 14.4. The number of hydrogen-bond acceptors (Lipinski definition) is 5. The number of hydrogen-bond donors (Lipinski definition) is 1. The van der Waals surface area contributed by atoms with Crippen molar-refractivity contribution in [1.29, 1.82) is 0 Å². The Kier molecular flexibility index (Phi) is 7.67.